The van der Waals surface area contributed by atoms with Gasteiger partial charge in [-0.2, -0.15) is 0 Å². The summed E-state index contributed by atoms with van der Waals surface area (Å²) in [5.41, 5.74) is 0. The second-order valence-corrected chi connectivity index (χ2v) is 13.6. The van der Waals surface area contributed by atoms with E-state index in [0.29, 0.717) is 6.42 Å². The zero-order valence-corrected chi connectivity index (χ0v) is 27.7. The molecular formula is C36H74NO3+. The van der Waals surface area contributed by atoms with E-state index in [9.17, 15) is 9.90 Å². The molecule has 0 aliphatic rings. The highest BCUT2D eigenvalue weighted by atomic mass is 16.4. The van der Waals surface area contributed by atoms with Gasteiger partial charge in [0.05, 0.1) is 20.6 Å². The number of carboxylic acid groups (broad SMARTS) is 1. The van der Waals surface area contributed by atoms with Gasteiger partial charge in [-0.25, -0.2) is 0 Å². The molecule has 0 aromatic heterocycles. The molecule has 4 heteroatoms. The number of quaternary nitrogens is 1. The second-order valence-electron chi connectivity index (χ2n) is 13.6. The standard InChI is InChI=1S/C36H73NO3/c1-4-5-6-7-8-9-10-11-12-13-14-15-16-17-19-22-25-28-31-35(38)34-37(2,3)33-30-27-24-21-18-20-23-26-29-32-36(39)40/h35,38H,4-34H2,1-3H3/p+1. The summed E-state index contributed by atoms with van der Waals surface area (Å²) in [6.45, 7) is 4.34. The van der Waals surface area contributed by atoms with E-state index >= 15 is 0 Å². The predicted octanol–water partition coefficient (Wildman–Crippen LogP) is 10.8. The number of hydrogen-bond acceptors (Lipinski definition) is 2. The minimum absolute atomic E-state index is 0.155. The van der Waals surface area contributed by atoms with Gasteiger partial charge in [0.2, 0.25) is 0 Å². The lowest BCUT2D eigenvalue weighted by molar-refractivity contribution is -0.893. The topological polar surface area (TPSA) is 57.5 Å². The second kappa shape index (κ2) is 29.9. The third-order valence-electron chi connectivity index (χ3n) is 8.75. The predicted molar refractivity (Wildman–Crippen MR) is 175 cm³/mol. The van der Waals surface area contributed by atoms with E-state index in [1.807, 2.05) is 0 Å². The fourth-order valence-corrected chi connectivity index (χ4v) is 6.09. The Labute approximate surface area is 251 Å². The molecule has 0 saturated heterocycles. The molecule has 0 rings (SSSR count). The molecule has 0 amide bonds. The van der Waals surface area contributed by atoms with Gasteiger partial charge in [0.25, 0.3) is 0 Å². The van der Waals surface area contributed by atoms with Gasteiger partial charge in [-0.3, -0.25) is 4.79 Å². The van der Waals surface area contributed by atoms with Gasteiger partial charge < -0.3 is 14.7 Å². The van der Waals surface area contributed by atoms with Crippen LogP contribution >= 0.6 is 0 Å². The molecule has 0 aliphatic carbocycles. The van der Waals surface area contributed by atoms with Crippen molar-refractivity contribution in [3.05, 3.63) is 0 Å². The number of unbranched alkanes of at least 4 members (excludes halogenated alkanes) is 25. The minimum atomic E-state index is -0.667. The summed E-state index contributed by atoms with van der Waals surface area (Å²) >= 11 is 0. The third kappa shape index (κ3) is 31.9. The zero-order chi connectivity index (χ0) is 29.6. The third-order valence-corrected chi connectivity index (χ3v) is 8.75. The van der Waals surface area contributed by atoms with E-state index in [-0.39, 0.29) is 6.10 Å². The fourth-order valence-electron chi connectivity index (χ4n) is 6.09. The Kier molecular flexibility index (Phi) is 29.4. The molecule has 0 aromatic carbocycles. The van der Waals surface area contributed by atoms with E-state index in [1.54, 1.807) is 0 Å². The first kappa shape index (κ1) is 39.4. The van der Waals surface area contributed by atoms with E-state index in [2.05, 4.69) is 21.0 Å². The number of likely N-dealkylation sites (N-methyl/N-ethyl adjacent to an activating group) is 1. The lowest BCUT2D eigenvalue weighted by Crippen LogP contribution is -2.45. The lowest BCUT2D eigenvalue weighted by Gasteiger charge is -2.32. The molecule has 1 unspecified atom stereocenters. The number of aliphatic carboxylic acids is 1. The summed E-state index contributed by atoms with van der Waals surface area (Å²) < 4.78 is 0.934. The molecule has 2 N–H and O–H groups in total. The zero-order valence-electron chi connectivity index (χ0n) is 27.7. The molecule has 40 heavy (non-hydrogen) atoms. The van der Waals surface area contributed by atoms with Crippen LogP contribution < -0.4 is 0 Å². The van der Waals surface area contributed by atoms with E-state index in [1.165, 1.54) is 161 Å². The summed E-state index contributed by atoms with van der Waals surface area (Å²) in [4.78, 5) is 10.5. The Hall–Kier alpha value is -0.610. The van der Waals surface area contributed by atoms with Gasteiger partial charge in [-0.15, -0.1) is 0 Å². The Morgan fingerprint density at radius 3 is 1.23 bits per heavy atom. The molecule has 0 bridgehead atoms. The van der Waals surface area contributed by atoms with Crippen molar-refractivity contribution in [3.63, 3.8) is 0 Å². The van der Waals surface area contributed by atoms with E-state index < -0.39 is 5.97 Å². The van der Waals surface area contributed by atoms with Crippen LogP contribution in [0.1, 0.15) is 193 Å². The van der Waals surface area contributed by atoms with Crippen LogP contribution in [0.15, 0.2) is 0 Å². The van der Waals surface area contributed by atoms with Gasteiger partial charge in [0, 0.05) is 6.42 Å². The largest absolute Gasteiger partial charge is 0.481 e. The summed E-state index contributed by atoms with van der Waals surface area (Å²) in [6.07, 6.45) is 37.1. The molecule has 0 radical (unpaired) electrons. The Morgan fingerprint density at radius 1 is 0.525 bits per heavy atom. The van der Waals surface area contributed by atoms with E-state index in [0.717, 1.165) is 36.8 Å². The summed E-state index contributed by atoms with van der Waals surface area (Å²) in [5.74, 6) is -0.667. The van der Waals surface area contributed by atoms with Crippen molar-refractivity contribution in [2.24, 2.45) is 0 Å². The first-order valence-electron chi connectivity index (χ1n) is 18.1. The number of carbonyl (C=O) groups is 1. The van der Waals surface area contributed by atoms with Gasteiger partial charge in [-0.05, 0) is 25.7 Å². The quantitative estimate of drug-likeness (QED) is 0.0611. The van der Waals surface area contributed by atoms with Gasteiger partial charge >= 0.3 is 5.97 Å². The molecule has 4 nitrogen and oxygen atoms in total. The van der Waals surface area contributed by atoms with Crippen molar-refractivity contribution < 1.29 is 19.5 Å². The van der Waals surface area contributed by atoms with Gasteiger partial charge in [0.1, 0.15) is 12.6 Å². The molecule has 1 atom stereocenters. The average Bonchev–Trinajstić information content (AvgIpc) is 2.90. The number of rotatable bonds is 33. The van der Waals surface area contributed by atoms with Crippen molar-refractivity contribution >= 4 is 5.97 Å². The van der Waals surface area contributed by atoms with Crippen LogP contribution in [0.5, 0.6) is 0 Å². The van der Waals surface area contributed by atoms with Gasteiger partial charge in [0.15, 0.2) is 0 Å². The SMILES string of the molecule is CCCCCCCCCCCCCCCCCCCCC(O)C[N+](C)(C)CCCCCCCCCCCC(=O)O. The molecule has 0 spiro atoms. The monoisotopic (exact) mass is 569 g/mol. The molecule has 240 valence electrons. The van der Waals surface area contributed by atoms with Crippen LogP contribution in [0.3, 0.4) is 0 Å². The summed E-state index contributed by atoms with van der Waals surface area (Å²) in [5, 5.41) is 19.2. The van der Waals surface area contributed by atoms with Crippen LogP contribution in [0, 0.1) is 0 Å². The van der Waals surface area contributed by atoms with Gasteiger partial charge in [-0.1, -0.05) is 161 Å². The van der Waals surface area contributed by atoms with Crippen LogP contribution in [-0.2, 0) is 4.79 Å². The number of hydrogen-bond donors (Lipinski definition) is 2. The summed E-state index contributed by atoms with van der Waals surface area (Å²) in [7, 11) is 4.55. The van der Waals surface area contributed by atoms with Crippen LogP contribution in [0.2, 0.25) is 0 Å². The Morgan fingerprint density at radius 2 is 0.850 bits per heavy atom. The molecule has 0 heterocycles. The maximum Gasteiger partial charge on any atom is 0.303 e. The molecule has 0 aliphatic heterocycles. The van der Waals surface area contributed by atoms with E-state index in [4.69, 9.17) is 5.11 Å². The highest BCUT2D eigenvalue weighted by molar-refractivity contribution is 5.66. The molecule has 0 aromatic rings. The number of carboxylic acids is 1. The Bertz CT molecular complexity index is 522. The first-order valence-corrected chi connectivity index (χ1v) is 18.1. The molecule has 0 saturated carbocycles. The molecular weight excluding hydrogens is 494 g/mol. The van der Waals surface area contributed by atoms with Crippen LogP contribution in [0.25, 0.3) is 0 Å². The maximum absolute atomic E-state index is 10.6. The number of aliphatic hydroxyl groups is 1. The number of nitrogens with zero attached hydrogens (tertiary/aromatic N) is 1. The molecule has 0 fully saturated rings. The van der Waals surface area contributed by atoms with Crippen molar-refractivity contribution in [2.45, 2.75) is 199 Å². The average molecular weight is 569 g/mol. The first-order chi connectivity index (χ1) is 19.4. The van der Waals surface area contributed by atoms with Crippen molar-refractivity contribution in [3.8, 4) is 0 Å². The maximum atomic E-state index is 10.6. The van der Waals surface area contributed by atoms with Crippen molar-refractivity contribution in [1.82, 2.24) is 0 Å². The number of aliphatic hydroxyl groups excluding tert-OH is 1. The van der Waals surface area contributed by atoms with Crippen molar-refractivity contribution in [2.75, 3.05) is 27.2 Å². The normalized spacial score (nSPS) is 12.7. The fraction of sp³-hybridized carbons (Fsp3) is 0.972. The highest BCUT2D eigenvalue weighted by Crippen LogP contribution is 2.16. The van der Waals surface area contributed by atoms with Crippen LogP contribution in [-0.4, -0.2) is 54.0 Å². The van der Waals surface area contributed by atoms with Crippen LogP contribution in [0.4, 0.5) is 0 Å². The van der Waals surface area contributed by atoms with Crippen molar-refractivity contribution in [1.29, 1.82) is 0 Å². The lowest BCUT2D eigenvalue weighted by atomic mass is 10.0. The Balaban J connectivity index is 3.39. The minimum Gasteiger partial charge on any atom is -0.481 e. The highest BCUT2D eigenvalue weighted by Gasteiger charge is 2.19. The summed E-state index contributed by atoms with van der Waals surface area (Å²) in [6, 6.07) is 0. The smallest absolute Gasteiger partial charge is 0.303 e.